The lowest BCUT2D eigenvalue weighted by Crippen LogP contribution is -2.04. The number of nitrogens with two attached hydrogens (primary N) is 1. The molecule has 0 unspecified atom stereocenters. The lowest BCUT2D eigenvalue weighted by Gasteiger charge is -2.14. The maximum Gasteiger partial charge on any atom is 0.213 e. The predicted molar refractivity (Wildman–Crippen MR) is 108 cm³/mol. The Morgan fingerprint density at radius 1 is 0.929 bits per heavy atom. The van der Waals surface area contributed by atoms with Crippen molar-refractivity contribution in [2.45, 2.75) is 0 Å². The smallest absolute Gasteiger partial charge is 0.213 e. The molecule has 0 fully saturated rings. The van der Waals surface area contributed by atoms with Crippen molar-refractivity contribution in [2.24, 2.45) is 0 Å². The molecular formula is C21H16N6O. The Morgan fingerprint density at radius 3 is 2.75 bits per heavy atom. The lowest BCUT2D eigenvalue weighted by molar-refractivity contribution is 0.398. The summed E-state index contributed by atoms with van der Waals surface area (Å²) in [5, 5.41) is 1.04. The highest BCUT2D eigenvalue weighted by atomic mass is 16.5. The minimum Gasteiger partial charge on any atom is -0.481 e. The first-order valence-corrected chi connectivity index (χ1v) is 8.73. The molecule has 0 spiro atoms. The topological polar surface area (TPSA) is 91.2 Å². The van der Waals surface area contributed by atoms with Crippen molar-refractivity contribution in [2.75, 3.05) is 12.8 Å². The molecule has 0 atom stereocenters. The highest BCUT2D eigenvalue weighted by Gasteiger charge is 2.17. The van der Waals surface area contributed by atoms with Crippen LogP contribution in [0.4, 0.5) is 5.82 Å². The Bertz CT molecular complexity index is 1330. The number of rotatable bonds is 3. The van der Waals surface area contributed by atoms with Crippen LogP contribution in [0.1, 0.15) is 0 Å². The van der Waals surface area contributed by atoms with Crippen LogP contribution in [0.5, 0.6) is 5.88 Å². The van der Waals surface area contributed by atoms with Crippen LogP contribution in [-0.2, 0) is 0 Å². The number of benzene rings is 1. The van der Waals surface area contributed by atoms with Gasteiger partial charge in [0.2, 0.25) is 5.88 Å². The minimum absolute atomic E-state index is 0.363. The van der Waals surface area contributed by atoms with Gasteiger partial charge >= 0.3 is 0 Å². The molecule has 2 N–H and O–H groups in total. The molecule has 7 heteroatoms. The Labute approximate surface area is 160 Å². The molecule has 1 aromatic carbocycles. The fraction of sp³-hybridized carbons (Fsp3) is 0.0476. The number of pyridine rings is 2. The third-order valence-electron chi connectivity index (χ3n) is 4.66. The quantitative estimate of drug-likeness (QED) is 0.523. The van der Waals surface area contributed by atoms with Crippen molar-refractivity contribution >= 4 is 22.4 Å². The first-order chi connectivity index (χ1) is 13.7. The molecule has 0 aliphatic rings. The van der Waals surface area contributed by atoms with E-state index in [1.54, 1.807) is 25.7 Å². The van der Waals surface area contributed by atoms with Crippen molar-refractivity contribution in [3.05, 3.63) is 67.3 Å². The zero-order chi connectivity index (χ0) is 19.1. The maximum atomic E-state index is 6.20. The maximum absolute atomic E-state index is 6.20. The molecule has 0 radical (unpaired) electrons. The van der Waals surface area contributed by atoms with Gasteiger partial charge in [0.1, 0.15) is 0 Å². The second-order valence-electron chi connectivity index (χ2n) is 6.31. The summed E-state index contributed by atoms with van der Waals surface area (Å²) in [6.07, 6.45) is 7.09. The lowest BCUT2D eigenvalue weighted by atomic mass is 10.0. The SMILES string of the molecule is COc1cc(-c2nc(N)c3nccn3c2-c2ccc3ncccc3c2)ccn1. The van der Waals surface area contributed by atoms with Crippen LogP contribution in [0.3, 0.4) is 0 Å². The number of nitrogens with zero attached hydrogens (tertiary/aromatic N) is 5. The van der Waals surface area contributed by atoms with Gasteiger partial charge in [0.25, 0.3) is 0 Å². The first-order valence-electron chi connectivity index (χ1n) is 8.73. The van der Waals surface area contributed by atoms with E-state index in [2.05, 4.69) is 26.0 Å². The fourth-order valence-corrected chi connectivity index (χ4v) is 3.38. The van der Waals surface area contributed by atoms with Crippen LogP contribution < -0.4 is 10.5 Å². The first kappa shape index (κ1) is 16.2. The average Bonchev–Trinajstić information content (AvgIpc) is 3.24. The molecule has 0 amide bonds. The second-order valence-corrected chi connectivity index (χ2v) is 6.31. The van der Waals surface area contributed by atoms with Gasteiger partial charge in [-0.05, 0) is 24.3 Å². The van der Waals surface area contributed by atoms with E-state index in [0.29, 0.717) is 17.3 Å². The standard InChI is InChI=1S/C21H16N6O/c1-28-17-12-14(6-8-24-17)18-19(27-10-9-25-21(27)20(22)26-18)15-4-5-16-13(11-15)3-2-7-23-16/h2-12H,1H3,(H2,22,26). The normalized spacial score (nSPS) is 11.2. The van der Waals surface area contributed by atoms with E-state index < -0.39 is 0 Å². The number of nitrogen functional groups attached to an aromatic ring is 1. The van der Waals surface area contributed by atoms with Gasteiger partial charge in [0.05, 0.1) is 24.0 Å². The van der Waals surface area contributed by atoms with Crippen molar-refractivity contribution < 1.29 is 4.74 Å². The summed E-state index contributed by atoms with van der Waals surface area (Å²) in [5.41, 5.74) is 11.2. The number of methoxy groups -OCH3 is 1. The van der Waals surface area contributed by atoms with Gasteiger partial charge in [-0.2, -0.15) is 0 Å². The average molecular weight is 368 g/mol. The Hall–Kier alpha value is -4.00. The van der Waals surface area contributed by atoms with Crippen molar-refractivity contribution in [3.8, 4) is 28.4 Å². The third-order valence-corrected chi connectivity index (χ3v) is 4.66. The molecule has 0 saturated heterocycles. The highest BCUT2D eigenvalue weighted by Crippen LogP contribution is 2.34. The van der Waals surface area contributed by atoms with Crippen LogP contribution in [0.15, 0.2) is 67.3 Å². The van der Waals surface area contributed by atoms with Crippen molar-refractivity contribution in [3.63, 3.8) is 0 Å². The van der Waals surface area contributed by atoms with Crippen molar-refractivity contribution in [1.82, 2.24) is 24.3 Å². The van der Waals surface area contributed by atoms with E-state index in [0.717, 1.165) is 33.4 Å². The summed E-state index contributed by atoms with van der Waals surface area (Å²) >= 11 is 0. The Balaban J connectivity index is 1.85. The molecule has 5 rings (SSSR count). The molecule has 136 valence electrons. The molecule has 7 nitrogen and oxygen atoms in total. The van der Waals surface area contributed by atoms with Gasteiger partial charge in [0.15, 0.2) is 11.5 Å². The molecule has 28 heavy (non-hydrogen) atoms. The molecule has 5 aromatic rings. The summed E-state index contributed by atoms with van der Waals surface area (Å²) < 4.78 is 7.25. The largest absolute Gasteiger partial charge is 0.481 e. The molecule has 0 bridgehead atoms. The van der Waals surface area contributed by atoms with E-state index >= 15 is 0 Å². The van der Waals surface area contributed by atoms with Gasteiger partial charge in [-0.1, -0.05) is 12.1 Å². The zero-order valence-corrected chi connectivity index (χ0v) is 15.1. The van der Waals surface area contributed by atoms with Gasteiger partial charge < -0.3 is 10.5 Å². The van der Waals surface area contributed by atoms with Crippen LogP contribution in [-0.4, -0.2) is 31.4 Å². The Kier molecular flexibility index (Phi) is 3.65. The number of anilines is 1. The number of aromatic nitrogens is 5. The number of imidazole rings is 1. The monoisotopic (exact) mass is 368 g/mol. The number of fused-ring (bicyclic) bond motifs is 2. The van der Waals surface area contributed by atoms with Crippen molar-refractivity contribution in [1.29, 1.82) is 0 Å². The summed E-state index contributed by atoms with van der Waals surface area (Å²) in [7, 11) is 1.59. The van der Waals surface area contributed by atoms with Crippen LogP contribution in [0.2, 0.25) is 0 Å². The zero-order valence-electron chi connectivity index (χ0n) is 15.1. The van der Waals surface area contributed by atoms with Gasteiger partial charge in [-0.15, -0.1) is 0 Å². The summed E-state index contributed by atoms with van der Waals surface area (Å²) in [6.45, 7) is 0. The van der Waals surface area contributed by atoms with Gasteiger partial charge in [-0.3, -0.25) is 9.38 Å². The van der Waals surface area contributed by atoms with Crippen LogP contribution in [0, 0.1) is 0 Å². The van der Waals surface area contributed by atoms with Gasteiger partial charge in [-0.25, -0.2) is 15.0 Å². The molecular weight excluding hydrogens is 352 g/mol. The minimum atomic E-state index is 0.363. The number of hydrogen-bond acceptors (Lipinski definition) is 6. The Morgan fingerprint density at radius 2 is 1.86 bits per heavy atom. The summed E-state index contributed by atoms with van der Waals surface area (Å²) in [4.78, 5) is 17.6. The number of hydrogen-bond donors (Lipinski definition) is 1. The molecule has 4 heterocycles. The molecule has 0 saturated carbocycles. The third kappa shape index (κ3) is 2.52. The van der Waals surface area contributed by atoms with E-state index in [1.165, 1.54) is 0 Å². The molecule has 4 aromatic heterocycles. The number of ether oxygens (including phenoxy) is 1. The fourth-order valence-electron chi connectivity index (χ4n) is 3.38. The predicted octanol–water partition coefficient (Wildman–Crippen LogP) is 3.60. The van der Waals surface area contributed by atoms with Crippen LogP contribution in [0.25, 0.3) is 39.1 Å². The summed E-state index contributed by atoms with van der Waals surface area (Å²) in [5.74, 6) is 0.874. The van der Waals surface area contributed by atoms with E-state index in [9.17, 15) is 0 Å². The second kappa shape index (κ2) is 6.31. The highest BCUT2D eigenvalue weighted by molar-refractivity contribution is 5.89. The summed E-state index contributed by atoms with van der Waals surface area (Å²) in [6, 6.07) is 13.8. The van der Waals surface area contributed by atoms with E-state index in [4.69, 9.17) is 10.5 Å². The van der Waals surface area contributed by atoms with Crippen LogP contribution >= 0.6 is 0 Å². The van der Waals surface area contributed by atoms with E-state index in [1.807, 2.05) is 47.0 Å². The van der Waals surface area contributed by atoms with Gasteiger partial charge in [0, 0.05) is 47.4 Å². The molecule has 0 aliphatic heterocycles. The molecule has 0 aliphatic carbocycles. The van der Waals surface area contributed by atoms with E-state index in [-0.39, 0.29) is 0 Å².